The van der Waals surface area contributed by atoms with Crippen LogP contribution in [-0.2, 0) is 14.3 Å². The van der Waals surface area contributed by atoms with E-state index in [-0.39, 0.29) is 11.8 Å². The molecule has 0 spiro atoms. The van der Waals surface area contributed by atoms with Gasteiger partial charge in [0, 0.05) is 12.1 Å². The average molecular weight is 582 g/mol. The molecular formula is C33H44ClN3O4. The Labute approximate surface area is 250 Å². The fourth-order valence-corrected chi connectivity index (χ4v) is 4.73. The van der Waals surface area contributed by atoms with Gasteiger partial charge in [0.05, 0.1) is 10.7 Å². The van der Waals surface area contributed by atoms with E-state index in [2.05, 4.69) is 23.5 Å². The zero-order valence-corrected chi connectivity index (χ0v) is 26.1. The predicted octanol–water partition coefficient (Wildman–Crippen LogP) is 7.27. The first-order chi connectivity index (χ1) is 19.3. The van der Waals surface area contributed by atoms with Crippen LogP contribution < -0.4 is 10.6 Å². The Morgan fingerprint density at radius 2 is 1.73 bits per heavy atom. The number of rotatable bonds is 12. The van der Waals surface area contributed by atoms with Gasteiger partial charge < -0.3 is 20.3 Å². The molecule has 2 aromatic rings. The van der Waals surface area contributed by atoms with E-state index >= 15 is 0 Å². The van der Waals surface area contributed by atoms with Crippen molar-refractivity contribution in [3.8, 4) is 12.3 Å². The number of ether oxygens (including phenoxy) is 1. The van der Waals surface area contributed by atoms with E-state index in [4.69, 9.17) is 22.8 Å². The van der Waals surface area contributed by atoms with Crippen molar-refractivity contribution in [3.63, 3.8) is 0 Å². The lowest BCUT2D eigenvalue weighted by Crippen LogP contribution is -2.53. The second-order valence-corrected chi connectivity index (χ2v) is 12.1. The molecule has 41 heavy (non-hydrogen) atoms. The van der Waals surface area contributed by atoms with Crippen molar-refractivity contribution < 1.29 is 19.1 Å². The molecule has 0 aliphatic rings. The van der Waals surface area contributed by atoms with Gasteiger partial charge in [-0.3, -0.25) is 9.59 Å². The van der Waals surface area contributed by atoms with E-state index in [9.17, 15) is 14.4 Å². The number of hydrogen-bond acceptors (Lipinski definition) is 4. The molecule has 2 rings (SSSR count). The molecule has 3 amide bonds. The largest absolute Gasteiger partial charge is 0.444 e. The summed E-state index contributed by atoms with van der Waals surface area (Å²) in [6.07, 6.45) is 7.74. The van der Waals surface area contributed by atoms with Crippen LogP contribution in [0.4, 0.5) is 10.5 Å². The van der Waals surface area contributed by atoms with E-state index in [1.807, 2.05) is 32.9 Å². The van der Waals surface area contributed by atoms with Crippen LogP contribution in [0.5, 0.6) is 0 Å². The summed E-state index contributed by atoms with van der Waals surface area (Å²) in [5.74, 6) is 1.90. The maximum atomic E-state index is 14.3. The Hall–Kier alpha value is -3.50. The highest BCUT2D eigenvalue weighted by molar-refractivity contribution is 6.34. The highest BCUT2D eigenvalue weighted by Gasteiger charge is 2.36. The third kappa shape index (κ3) is 10.4. The van der Waals surface area contributed by atoms with E-state index < -0.39 is 29.7 Å². The lowest BCUT2D eigenvalue weighted by atomic mass is 9.98. The van der Waals surface area contributed by atoms with E-state index in [1.165, 1.54) is 0 Å². The van der Waals surface area contributed by atoms with Crippen molar-refractivity contribution in [2.45, 2.75) is 91.8 Å². The second kappa shape index (κ2) is 15.5. The van der Waals surface area contributed by atoms with Crippen LogP contribution in [0.2, 0.25) is 5.02 Å². The number of amides is 3. The van der Waals surface area contributed by atoms with Gasteiger partial charge in [0.2, 0.25) is 5.91 Å². The number of nitrogens with one attached hydrogen (secondary N) is 2. The van der Waals surface area contributed by atoms with E-state index in [0.717, 1.165) is 18.4 Å². The van der Waals surface area contributed by atoms with Gasteiger partial charge in [-0.05, 0) is 75.8 Å². The molecule has 2 atom stereocenters. The van der Waals surface area contributed by atoms with E-state index in [1.54, 1.807) is 56.0 Å². The van der Waals surface area contributed by atoms with Gasteiger partial charge in [0.25, 0.3) is 5.91 Å². The number of nitrogens with zero attached hydrogens (tertiary/aromatic N) is 1. The first kappa shape index (κ1) is 33.7. The molecule has 0 aromatic heterocycles. The van der Waals surface area contributed by atoms with Gasteiger partial charge in [0.15, 0.2) is 0 Å². The highest BCUT2D eigenvalue weighted by Crippen LogP contribution is 2.30. The number of hydrogen-bond donors (Lipinski definition) is 2. The number of halogens is 1. The maximum Gasteiger partial charge on any atom is 0.408 e. The molecule has 0 bridgehead atoms. The summed E-state index contributed by atoms with van der Waals surface area (Å²) in [4.78, 5) is 42.8. The average Bonchev–Trinajstić information content (AvgIpc) is 2.88. The number of para-hydroxylation sites is 1. The topological polar surface area (TPSA) is 87.7 Å². The molecule has 8 heteroatoms. The number of benzene rings is 2. The minimum atomic E-state index is -1.00. The smallest absolute Gasteiger partial charge is 0.408 e. The lowest BCUT2D eigenvalue weighted by Gasteiger charge is -2.35. The highest BCUT2D eigenvalue weighted by atomic mass is 35.5. The van der Waals surface area contributed by atoms with Gasteiger partial charge >= 0.3 is 6.09 Å². The SMILES string of the molecule is C#Cc1ccc(C(C(=O)Nc2c(C)cccc2Cl)N(CCCCC)C(=O)C(CC(C)C)NC(=O)OC(C)(C)C)cc1. The number of anilines is 1. The molecule has 0 heterocycles. The van der Waals surface area contributed by atoms with Crippen LogP contribution in [0.1, 0.15) is 90.0 Å². The lowest BCUT2D eigenvalue weighted by molar-refractivity contribution is -0.141. The number of terminal acetylenes is 1. The molecule has 0 fully saturated rings. The number of carbonyl (C=O) groups is 3. The van der Waals surface area contributed by atoms with Crippen LogP contribution in [0.3, 0.4) is 0 Å². The Morgan fingerprint density at radius 3 is 2.27 bits per heavy atom. The molecule has 7 nitrogen and oxygen atoms in total. The van der Waals surface area contributed by atoms with Gasteiger partial charge in [0.1, 0.15) is 17.7 Å². The molecule has 222 valence electrons. The molecule has 0 saturated heterocycles. The summed E-state index contributed by atoms with van der Waals surface area (Å²) < 4.78 is 5.47. The number of alkyl carbamates (subject to hydrolysis) is 1. The van der Waals surface area contributed by atoms with Gasteiger partial charge in [-0.15, -0.1) is 6.42 Å². The number of carbonyl (C=O) groups excluding carboxylic acids is 3. The summed E-state index contributed by atoms with van der Waals surface area (Å²) in [5, 5.41) is 6.14. The molecule has 2 N–H and O–H groups in total. The Morgan fingerprint density at radius 1 is 1.07 bits per heavy atom. The summed E-state index contributed by atoms with van der Waals surface area (Å²) in [5.41, 5.74) is 1.79. The standard InChI is InChI=1S/C33H44ClN3O4/c1-9-11-12-20-37(31(39)27(21-22(3)4)35-32(40)41-33(6,7)8)29(25-18-16-24(10-2)17-19-25)30(38)36-28-23(5)14-13-15-26(28)34/h2,13-19,22,27,29H,9,11-12,20-21H2,1,3-8H3,(H,35,40)(H,36,38). The molecule has 0 aliphatic heterocycles. The van der Waals surface area contributed by atoms with Crippen LogP contribution in [-0.4, -0.2) is 41.0 Å². The third-order valence-electron chi connectivity index (χ3n) is 6.41. The van der Waals surface area contributed by atoms with E-state index in [0.29, 0.717) is 41.2 Å². The van der Waals surface area contributed by atoms with Crippen molar-refractivity contribution in [1.82, 2.24) is 10.2 Å². The molecule has 0 aliphatic carbocycles. The zero-order chi connectivity index (χ0) is 30.7. The third-order valence-corrected chi connectivity index (χ3v) is 6.72. The molecule has 0 saturated carbocycles. The quantitative estimate of drug-likeness (QED) is 0.204. The zero-order valence-electron chi connectivity index (χ0n) is 25.3. The number of unbranched alkanes of at least 4 members (excludes halogenated alkanes) is 2. The number of aryl methyl sites for hydroxylation is 1. The molecular weight excluding hydrogens is 538 g/mol. The first-order valence-electron chi connectivity index (χ1n) is 14.2. The van der Waals surface area contributed by atoms with Gasteiger partial charge in [-0.25, -0.2) is 4.79 Å². The maximum absolute atomic E-state index is 14.3. The van der Waals surface area contributed by atoms with Crippen LogP contribution in [0.25, 0.3) is 0 Å². The summed E-state index contributed by atoms with van der Waals surface area (Å²) in [6, 6.07) is 10.5. The van der Waals surface area contributed by atoms with Crippen molar-refractivity contribution in [3.05, 3.63) is 64.2 Å². The van der Waals surface area contributed by atoms with Crippen molar-refractivity contribution in [2.24, 2.45) is 5.92 Å². The molecule has 2 unspecified atom stereocenters. The summed E-state index contributed by atoms with van der Waals surface area (Å²) in [7, 11) is 0. The fourth-order valence-electron chi connectivity index (χ4n) is 4.46. The minimum absolute atomic E-state index is 0.0874. The van der Waals surface area contributed by atoms with Crippen LogP contribution in [0, 0.1) is 25.2 Å². The Kier molecular flexibility index (Phi) is 12.7. The van der Waals surface area contributed by atoms with Crippen LogP contribution >= 0.6 is 11.6 Å². The molecule has 0 radical (unpaired) electrons. The van der Waals surface area contributed by atoms with Crippen molar-refractivity contribution >= 4 is 35.2 Å². The van der Waals surface area contributed by atoms with Crippen molar-refractivity contribution in [2.75, 3.05) is 11.9 Å². The van der Waals surface area contributed by atoms with Gasteiger partial charge in [-0.2, -0.15) is 0 Å². The fraction of sp³-hybridized carbons (Fsp3) is 0.485. The minimum Gasteiger partial charge on any atom is -0.444 e. The first-order valence-corrected chi connectivity index (χ1v) is 14.6. The van der Waals surface area contributed by atoms with Crippen molar-refractivity contribution in [1.29, 1.82) is 0 Å². The summed E-state index contributed by atoms with van der Waals surface area (Å²) in [6.45, 7) is 13.5. The summed E-state index contributed by atoms with van der Waals surface area (Å²) >= 11 is 6.45. The normalized spacial score (nSPS) is 12.7. The monoisotopic (exact) mass is 581 g/mol. The Balaban J connectivity index is 2.60. The van der Waals surface area contributed by atoms with Crippen LogP contribution in [0.15, 0.2) is 42.5 Å². The van der Waals surface area contributed by atoms with Gasteiger partial charge in [-0.1, -0.05) is 75.4 Å². The second-order valence-electron chi connectivity index (χ2n) is 11.7. The molecule has 2 aromatic carbocycles. The Bertz CT molecular complexity index is 1210. The predicted molar refractivity (Wildman–Crippen MR) is 166 cm³/mol.